The monoisotopic (exact) mass is 223 g/mol. The first-order chi connectivity index (χ1) is 7.25. The van der Waals surface area contributed by atoms with Crippen molar-refractivity contribution in [3.05, 3.63) is 23.9 Å². The molecule has 82 valence electrons. The zero-order valence-corrected chi connectivity index (χ0v) is 9.83. The predicted octanol–water partition coefficient (Wildman–Crippen LogP) is 3.17. The Morgan fingerprint density at radius 1 is 1.47 bits per heavy atom. The van der Waals surface area contributed by atoms with Crippen LogP contribution < -0.4 is 0 Å². The zero-order chi connectivity index (χ0) is 10.7. The zero-order valence-electron chi connectivity index (χ0n) is 9.02. The van der Waals surface area contributed by atoms with Crippen molar-refractivity contribution in [1.29, 1.82) is 0 Å². The molecule has 0 amide bonds. The Morgan fingerprint density at radius 2 is 2.20 bits per heavy atom. The molecule has 1 aromatic rings. The van der Waals surface area contributed by atoms with E-state index in [1.54, 1.807) is 13.1 Å². The van der Waals surface area contributed by atoms with Crippen molar-refractivity contribution in [3.8, 4) is 0 Å². The Kier molecular flexibility index (Phi) is 3.65. The lowest BCUT2D eigenvalue weighted by Crippen LogP contribution is -1.97. The van der Waals surface area contributed by atoms with E-state index < -0.39 is 6.10 Å². The average molecular weight is 223 g/mol. The van der Waals surface area contributed by atoms with E-state index in [2.05, 4.69) is 4.98 Å². The van der Waals surface area contributed by atoms with Gasteiger partial charge in [0.2, 0.25) is 0 Å². The molecule has 1 atom stereocenters. The van der Waals surface area contributed by atoms with E-state index in [9.17, 15) is 5.11 Å². The van der Waals surface area contributed by atoms with Crippen molar-refractivity contribution in [3.63, 3.8) is 0 Å². The topological polar surface area (TPSA) is 33.1 Å². The standard InChI is InChI=1S/C12H17NOS/c1-9(14)10-6-7-13-12(8-10)15-11-4-2-3-5-11/h6-9,11,14H,2-5H2,1H3/t9-/m0/s1. The molecule has 1 aromatic heterocycles. The molecule has 2 rings (SSSR count). The van der Waals surface area contributed by atoms with Gasteiger partial charge in [-0.15, -0.1) is 11.8 Å². The number of pyridine rings is 1. The third kappa shape index (κ3) is 2.95. The highest BCUT2D eigenvalue weighted by Crippen LogP contribution is 2.34. The quantitative estimate of drug-likeness (QED) is 0.854. The lowest BCUT2D eigenvalue weighted by atomic mass is 10.2. The van der Waals surface area contributed by atoms with Gasteiger partial charge in [0.25, 0.3) is 0 Å². The number of nitrogens with zero attached hydrogens (tertiary/aromatic N) is 1. The maximum Gasteiger partial charge on any atom is 0.0966 e. The molecule has 2 nitrogen and oxygen atoms in total. The van der Waals surface area contributed by atoms with Crippen LogP contribution in [0.5, 0.6) is 0 Å². The van der Waals surface area contributed by atoms with E-state index in [0.717, 1.165) is 15.8 Å². The van der Waals surface area contributed by atoms with Gasteiger partial charge in [0, 0.05) is 11.4 Å². The Labute approximate surface area is 95.1 Å². The summed E-state index contributed by atoms with van der Waals surface area (Å²) in [6, 6.07) is 3.89. The number of aliphatic hydroxyl groups is 1. The van der Waals surface area contributed by atoms with Crippen molar-refractivity contribution in [1.82, 2.24) is 4.98 Å². The number of hydrogen-bond donors (Lipinski definition) is 1. The lowest BCUT2D eigenvalue weighted by molar-refractivity contribution is 0.199. The molecule has 0 radical (unpaired) electrons. The van der Waals surface area contributed by atoms with Crippen LogP contribution in [0.1, 0.15) is 44.3 Å². The molecule has 1 aliphatic carbocycles. The fourth-order valence-electron chi connectivity index (χ4n) is 1.93. The van der Waals surface area contributed by atoms with Crippen molar-refractivity contribution < 1.29 is 5.11 Å². The van der Waals surface area contributed by atoms with Gasteiger partial charge < -0.3 is 5.11 Å². The van der Waals surface area contributed by atoms with E-state index >= 15 is 0 Å². The van der Waals surface area contributed by atoms with Crippen LogP contribution in [0.15, 0.2) is 23.4 Å². The minimum Gasteiger partial charge on any atom is -0.389 e. The van der Waals surface area contributed by atoms with Gasteiger partial charge in [-0.25, -0.2) is 4.98 Å². The lowest BCUT2D eigenvalue weighted by Gasteiger charge is -2.10. The summed E-state index contributed by atoms with van der Waals surface area (Å²) in [4.78, 5) is 4.34. The first-order valence-electron chi connectivity index (χ1n) is 5.56. The third-order valence-electron chi connectivity index (χ3n) is 2.83. The highest BCUT2D eigenvalue weighted by molar-refractivity contribution is 7.99. The molecule has 1 fully saturated rings. The average Bonchev–Trinajstić information content (AvgIpc) is 2.71. The fourth-order valence-corrected chi connectivity index (χ4v) is 3.16. The van der Waals surface area contributed by atoms with Crippen molar-refractivity contribution >= 4 is 11.8 Å². The Morgan fingerprint density at radius 3 is 2.87 bits per heavy atom. The Hall–Kier alpha value is -0.540. The van der Waals surface area contributed by atoms with Crippen molar-refractivity contribution in [2.75, 3.05) is 0 Å². The van der Waals surface area contributed by atoms with Gasteiger partial charge in [0.05, 0.1) is 11.1 Å². The van der Waals surface area contributed by atoms with Crippen LogP contribution in [0.25, 0.3) is 0 Å². The van der Waals surface area contributed by atoms with E-state index in [0.29, 0.717) is 0 Å². The summed E-state index contributed by atoms with van der Waals surface area (Å²) in [5.41, 5.74) is 0.963. The molecule has 0 unspecified atom stereocenters. The minimum absolute atomic E-state index is 0.393. The van der Waals surface area contributed by atoms with Crippen LogP contribution >= 0.6 is 11.8 Å². The van der Waals surface area contributed by atoms with Crippen LogP contribution in [0.4, 0.5) is 0 Å². The molecule has 3 heteroatoms. The largest absolute Gasteiger partial charge is 0.389 e. The summed E-state index contributed by atoms with van der Waals surface area (Å²) in [7, 11) is 0. The highest BCUT2D eigenvalue weighted by Gasteiger charge is 2.16. The molecule has 1 saturated carbocycles. The molecular formula is C12H17NOS. The Bertz CT molecular complexity index is 321. The molecular weight excluding hydrogens is 206 g/mol. The molecule has 0 aliphatic heterocycles. The Balaban J connectivity index is 2.04. The van der Waals surface area contributed by atoms with Crippen LogP contribution in [0.2, 0.25) is 0 Å². The number of rotatable bonds is 3. The number of aromatic nitrogens is 1. The second-order valence-corrected chi connectivity index (χ2v) is 5.45. The van der Waals surface area contributed by atoms with Crippen LogP contribution in [0.3, 0.4) is 0 Å². The number of aliphatic hydroxyl groups excluding tert-OH is 1. The molecule has 0 saturated heterocycles. The van der Waals surface area contributed by atoms with Gasteiger partial charge in [-0.2, -0.15) is 0 Å². The molecule has 1 aliphatic rings. The predicted molar refractivity (Wildman–Crippen MR) is 63.0 cm³/mol. The second-order valence-electron chi connectivity index (χ2n) is 4.13. The molecule has 0 bridgehead atoms. The first kappa shape index (κ1) is 11.0. The molecule has 15 heavy (non-hydrogen) atoms. The van der Waals surface area contributed by atoms with Crippen LogP contribution in [-0.4, -0.2) is 15.3 Å². The summed E-state index contributed by atoms with van der Waals surface area (Å²) in [5.74, 6) is 0. The first-order valence-corrected chi connectivity index (χ1v) is 6.44. The van der Waals surface area contributed by atoms with Crippen LogP contribution in [0, 0.1) is 0 Å². The maximum absolute atomic E-state index is 9.47. The summed E-state index contributed by atoms with van der Waals surface area (Å²) in [6.07, 6.45) is 6.73. The minimum atomic E-state index is -0.393. The molecule has 0 aromatic carbocycles. The molecule has 0 spiro atoms. The summed E-state index contributed by atoms with van der Waals surface area (Å²) in [5, 5.41) is 11.3. The SMILES string of the molecule is C[C@H](O)c1ccnc(SC2CCCC2)c1. The van der Waals surface area contributed by atoms with Gasteiger partial charge in [0.15, 0.2) is 0 Å². The van der Waals surface area contributed by atoms with Gasteiger partial charge in [0.1, 0.15) is 0 Å². The third-order valence-corrected chi connectivity index (χ3v) is 4.10. The van der Waals surface area contributed by atoms with E-state index in [1.807, 2.05) is 23.9 Å². The normalized spacial score (nSPS) is 19.3. The van der Waals surface area contributed by atoms with Gasteiger partial charge in [-0.05, 0) is 37.5 Å². The second kappa shape index (κ2) is 4.99. The molecule has 1 heterocycles. The summed E-state index contributed by atoms with van der Waals surface area (Å²) >= 11 is 1.86. The van der Waals surface area contributed by atoms with Gasteiger partial charge in [-0.1, -0.05) is 12.8 Å². The van der Waals surface area contributed by atoms with Gasteiger partial charge in [-0.3, -0.25) is 0 Å². The van der Waals surface area contributed by atoms with E-state index in [4.69, 9.17) is 0 Å². The van der Waals surface area contributed by atoms with Crippen molar-refractivity contribution in [2.24, 2.45) is 0 Å². The summed E-state index contributed by atoms with van der Waals surface area (Å²) in [6.45, 7) is 1.79. The van der Waals surface area contributed by atoms with Crippen LogP contribution in [-0.2, 0) is 0 Å². The van der Waals surface area contributed by atoms with Gasteiger partial charge >= 0.3 is 0 Å². The van der Waals surface area contributed by atoms with Crippen molar-refractivity contribution in [2.45, 2.75) is 49.0 Å². The maximum atomic E-state index is 9.47. The fraction of sp³-hybridized carbons (Fsp3) is 0.583. The smallest absolute Gasteiger partial charge is 0.0966 e. The summed E-state index contributed by atoms with van der Waals surface area (Å²) < 4.78 is 0. The molecule has 1 N–H and O–H groups in total. The van der Waals surface area contributed by atoms with E-state index in [-0.39, 0.29) is 0 Å². The van der Waals surface area contributed by atoms with E-state index in [1.165, 1.54) is 25.7 Å². The number of thioether (sulfide) groups is 1. The highest BCUT2D eigenvalue weighted by atomic mass is 32.2. The number of hydrogen-bond acceptors (Lipinski definition) is 3.